The molecule has 0 amide bonds. The maximum atomic E-state index is 10.0. The maximum absolute atomic E-state index is 10.0. The quantitative estimate of drug-likeness (QED) is 0.318. The van der Waals surface area contributed by atoms with Crippen LogP contribution in [0.3, 0.4) is 0 Å². The largest absolute Gasteiger partial charge is 0.508 e. The van der Waals surface area contributed by atoms with Crippen LogP contribution >= 0.6 is 24.0 Å². The summed E-state index contributed by atoms with van der Waals surface area (Å²) in [6.07, 6.45) is 0.694. The monoisotopic (exact) mass is 483 g/mol. The van der Waals surface area contributed by atoms with Crippen molar-refractivity contribution in [2.24, 2.45) is 4.99 Å². The molecule has 2 unspecified atom stereocenters. The number of phenolic OH excluding ortho intramolecular Hbond substituents is 1. The number of benzene rings is 2. The van der Waals surface area contributed by atoms with E-state index in [4.69, 9.17) is 4.74 Å². The molecule has 0 saturated carbocycles. The number of methoxy groups -OCH3 is 1. The average molecular weight is 483 g/mol. The molecule has 2 aromatic carbocycles. The van der Waals surface area contributed by atoms with Crippen LogP contribution in [0.15, 0.2) is 53.5 Å². The Kier molecular flexibility index (Phi) is 9.99. The molecular weight excluding hydrogens is 453 g/mol. The lowest BCUT2D eigenvalue weighted by Gasteiger charge is -2.24. The summed E-state index contributed by atoms with van der Waals surface area (Å²) in [7, 11) is 3.35. The van der Waals surface area contributed by atoms with Gasteiger partial charge in [-0.25, -0.2) is 0 Å². The summed E-state index contributed by atoms with van der Waals surface area (Å²) in [4.78, 5) is 4.30. The Hall–Kier alpha value is -1.96. The van der Waals surface area contributed by atoms with Crippen LogP contribution in [0.25, 0.3) is 0 Å². The van der Waals surface area contributed by atoms with E-state index in [1.807, 2.05) is 18.2 Å². The molecule has 27 heavy (non-hydrogen) atoms. The Morgan fingerprint density at radius 2 is 1.85 bits per heavy atom. The Morgan fingerprint density at radius 3 is 2.44 bits per heavy atom. The molecule has 2 atom stereocenters. The molecule has 3 N–H and O–H groups in total. The normalized spacial score (nSPS) is 13.3. The number of hydrogen-bond acceptors (Lipinski definition) is 3. The third-order valence-electron chi connectivity index (χ3n) is 4.64. The van der Waals surface area contributed by atoms with Gasteiger partial charge in [0.25, 0.3) is 0 Å². The second kappa shape index (κ2) is 11.7. The molecule has 0 saturated heterocycles. The minimum atomic E-state index is 0. The fourth-order valence-corrected chi connectivity index (χ4v) is 2.78. The number of halogens is 1. The van der Waals surface area contributed by atoms with E-state index in [2.05, 4.69) is 53.7 Å². The van der Waals surface area contributed by atoms with Gasteiger partial charge in [-0.1, -0.05) is 43.3 Å². The third-order valence-corrected chi connectivity index (χ3v) is 4.64. The van der Waals surface area contributed by atoms with Crippen molar-refractivity contribution in [3.63, 3.8) is 0 Å². The lowest BCUT2D eigenvalue weighted by molar-refractivity contribution is 0.406. The van der Waals surface area contributed by atoms with Crippen LogP contribution in [0, 0.1) is 0 Å². The molecular formula is C21H30IN3O2. The predicted octanol–water partition coefficient (Wildman–Crippen LogP) is 3.92. The first-order chi connectivity index (χ1) is 12.5. The second-order valence-electron chi connectivity index (χ2n) is 6.38. The van der Waals surface area contributed by atoms with Gasteiger partial charge in [0.05, 0.1) is 7.11 Å². The summed E-state index contributed by atoms with van der Waals surface area (Å²) < 4.78 is 5.11. The number of phenols is 1. The van der Waals surface area contributed by atoms with Gasteiger partial charge in [-0.05, 0) is 30.5 Å². The number of aromatic hydroxyl groups is 1. The average Bonchev–Trinajstić information content (AvgIpc) is 2.68. The molecule has 0 aliphatic rings. The molecule has 2 rings (SSSR count). The first-order valence-corrected chi connectivity index (χ1v) is 8.93. The fraction of sp³-hybridized carbons (Fsp3) is 0.381. The minimum Gasteiger partial charge on any atom is -0.508 e. The number of ether oxygens (including phenoxy) is 1. The first-order valence-electron chi connectivity index (χ1n) is 8.93. The summed E-state index contributed by atoms with van der Waals surface area (Å²) in [5.74, 6) is 2.02. The van der Waals surface area contributed by atoms with Crippen molar-refractivity contribution in [3.8, 4) is 11.5 Å². The zero-order chi connectivity index (χ0) is 18.9. The van der Waals surface area contributed by atoms with Crippen molar-refractivity contribution in [1.82, 2.24) is 10.6 Å². The van der Waals surface area contributed by atoms with E-state index in [1.54, 1.807) is 20.2 Å². The SMILES string of the molecule is CN=C(NCCc1ccc(OC)cc1O)NC(C)C(C)c1ccccc1.I. The lowest BCUT2D eigenvalue weighted by atomic mass is 9.94. The van der Waals surface area contributed by atoms with E-state index < -0.39 is 0 Å². The number of hydrogen-bond donors (Lipinski definition) is 3. The zero-order valence-electron chi connectivity index (χ0n) is 16.4. The number of nitrogens with one attached hydrogen (secondary N) is 2. The third kappa shape index (κ3) is 6.93. The molecule has 0 radical (unpaired) electrons. The highest BCUT2D eigenvalue weighted by Gasteiger charge is 2.15. The van der Waals surface area contributed by atoms with Crippen LogP contribution in [0.5, 0.6) is 11.5 Å². The van der Waals surface area contributed by atoms with Crippen molar-refractivity contribution in [1.29, 1.82) is 0 Å². The van der Waals surface area contributed by atoms with Crippen LogP contribution in [0.2, 0.25) is 0 Å². The van der Waals surface area contributed by atoms with Gasteiger partial charge in [-0.15, -0.1) is 24.0 Å². The van der Waals surface area contributed by atoms with Gasteiger partial charge in [0.15, 0.2) is 5.96 Å². The molecule has 0 aromatic heterocycles. The van der Waals surface area contributed by atoms with Gasteiger partial charge in [0, 0.05) is 31.6 Å². The molecule has 0 fully saturated rings. The van der Waals surface area contributed by atoms with Gasteiger partial charge in [-0.2, -0.15) is 0 Å². The number of rotatable bonds is 7. The number of nitrogens with zero attached hydrogens (tertiary/aromatic N) is 1. The second-order valence-corrected chi connectivity index (χ2v) is 6.38. The summed E-state index contributed by atoms with van der Waals surface area (Å²) in [5.41, 5.74) is 2.17. The van der Waals surface area contributed by atoms with Crippen LogP contribution in [-0.2, 0) is 6.42 Å². The van der Waals surface area contributed by atoms with Crippen molar-refractivity contribution in [2.45, 2.75) is 32.2 Å². The smallest absolute Gasteiger partial charge is 0.191 e. The molecule has 0 aliphatic heterocycles. The highest BCUT2D eigenvalue weighted by molar-refractivity contribution is 14.0. The Bertz CT molecular complexity index is 723. The summed E-state index contributed by atoms with van der Waals surface area (Å²) in [6.45, 7) is 5.03. The van der Waals surface area contributed by atoms with Gasteiger partial charge in [0.2, 0.25) is 0 Å². The molecule has 2 aromatic rings. The molecule has 6 heteroatoms. The van der Waals surface area contributed by atoms with Crippen molar-refractivity contribution < 1.29 is 9.84 Å². The molecule has 0 bridgehead atoms. The minimum absolute atomic E-state index is 0. The van der Waals surface area contributed by atoms with Gasteiger partial charge in [0.1, 0.15) is 11.5 Å². The van der Waals surface area contributed by atoms with Crippen LogP contribution in [0.4, 0.5) is 0 Å². The summed E-state index contributed by atoms with van der Waals surface area (Å²) >= 11 is 0. The zero-order valence-corrected chi connectivity index (χ0v) is 18.7. The highest BCUT2D eigenvalue weighted by atomic mass is 127. The van der Waals surface area contributed by atoms with E-state index in [0.29, 0.717) is 24.6 Å². The van der Waals surface area contributed by atoms with E-state index >= 15 is 0 Å². The van der Waals surface area contributed by atoms with Crippen LogP contribution in [0.1, 0.15) is 30.9 Å². The van der Waals surface area contributed by atoms with Crippen molar-refractivity contribution in [3.05, 3.63) is 59.7 Å². The highest BCUT2D eigenvalue weighted by Crippen LogP contribution is 2.23. The van der Waals surface area contributed by atoms with E-state index in [1.165, 1.54) is 5.56 Å². The van der Waals surface area contributed by atoms with Crippen LogP contribution < -0.4 is 15.4 Å². The Morgan fingerprint density at radius 1 is 1.15 bits per heavy atom. The summed E-state index contributed by atoms with van der Waals surface area (Å²) in [6, 6.07) is 16.0. The van der Waals surface area contributed by atoms with Gasteiger partial charge < -0.3 is 20.5 Å². The Balaban J connectivity index is 0.00000364. The number of aliphatic imine (C=N–C) groups is 1. The molecule has 148 valence electrons. The van der Waals surface area contributed by atoms with Crippen molar-refractivity contribution >= 4 is 29.9 Å². The summed E-state index contributed by atoms with van der Waals surface area (Å²) in [5, 5.41) is 16.8. The molecule has 0 heterocycles. The van der Waals surface area contributed by atoms with E-state index in [-0.39, 0.29) is 35.8 Å². The fourth-order valence-electron chi connectivity index (χ4n) is 2.78. The number of guanidine groups is 1. The topological polar surface area (TPSA) is 65.9 Å². The Labute approximate surface area is 179 Å². The van der Waals surface area contributed by atoms with Gasteiger partial charge >= 0.3 is 0 Å². The molecule has 0 aliphatic carbocycles. The lowest BCUT2D eigenvalue weighted by Crippen LogP contribution is -2.44. The molecule has 0 spiro atoms. The first kappa shape index (κ1) is 23.1. The van der Waals surface area contributed by atoms with Crippen LogP contribution in [-0.4, -0.2) is 37.8 Å². The van der Waals surface area contributed by atoms with E-state index in [9.17, 15) is 5.11 Å². The van der Waals surface area contributed by atoms with E-state index in [0.717, 1.165) is 11.5 Å². The van der Waals surface area contributed by atoms with Crippen molar-refractivity contribution in [2.75, 3.05) is 20.7 Å². The standard InChI is InChI=1S/C21H29N3O2.HI/c1-15(17-8-6-5-7-9-17)16(2)24-21(22-3)23-13-12-18-10-11-19(26-4)14-20(18)25;/h5-11,14-16,25H,12-13H2,1-4H3,(H2,22,23,24);1H. The predicted molar refractivity (Wildman–Crippen MR) is 123 cm³/mol. The maximum Gasteiger partial charge on any atom is 0.191 e. The molecule has 5 nitrogen and oxygen atoms in total. The van der Waals surface area contributed by atoms with Gasteiger partial charge in [-0.3, -0.25) is 4.99 Å².